The molecule has 0 amide bonds. The van der Waals surface area contributed by atoms with Crippen molar-refractivity contribution in [3.8, 4) is 11.4 Å². The smallest absolute Gasteiger partial charge is 0.129 e. The molecule has 2 N–H and O–H groups in total. The number of nitrogens with one attached hydrogen (secondary N) is 2. The van der Waals surface area contributed by atoms with Crippen molar-refractivity contribution in [1.82, 2.24) is 20.3 Å². The molecule has 0 atom stereocenters. The number of H-pyrrole nitrogens is 1. The first-order valence-corrected chi connectivity index (χ1v) is 7.76. The van der Waals surface area contributed by atoms with Crippen LogP contribution in [0.3, 0.4) is 0 Å². The predicted octanol–water partition coefficient (Wildman–Crippen LogP) is 2.42. The van der Waals surface area contributed by atoms with Gasteiger partial charge in [-0.05, 0) is 37.2 Å². The van der Waals surface area contributed by atoms with Gasteiger partial charge < -0.3 is 15.2 Å². The summed E-state index contributed by atoms with van der Waals surface area (Å²) in [7, 11) is 0. The molecule has 3 aromatic heterocycles. The number of fused-ring (bicyclic) bond motifs is 1. The first-order chi connectivity index (χ1) is 10.9. The molecular weight excluding hydrogens is 274 g/mol. The summed E-state index contributed by atoms with van der Waals surface area (Å²) in [6, 6.07) is 10.3. The summed E-state index contributed by atoms with van der Waals surface area (Å²) in [5.74, 6) is 1.05. The fraction of sp³-hybridized carbons (Fsp3) is 0.294. The lowest BCUT2D eigenvalue weighted by molar-refractivity contribution is 0.724. The highest BCUT2D eigenvalue weighted by atomic mass is 15.2. The van der Waals surface area contributed by atoms with Crippen LogP contribution in [0, 0.1) is 0 Å². The second kappa shape index (κ2) is 5.77. The van der Waals surface area contributed by atoms with Crippen molar-refractivity contribution >= 4 is 16.7 Å². The Labute approximate surface area is 129 Å². The summed E-state index contributed by atoms with van der Waals surface area (Å²) in [5.41, 5.74) is 3.11. The highest BCUT2D eigenvalue weighted by Gasteiger charge is 2.12. The van der Waals surface area contributed by atoms with Gasteiger partial charge in [-0.3, -0.25) is 4.98 Å². The van der Waals surface area contributed by atoms with Crippen LogP contribution in [0.25, 0.3) is 22.3 Å². The molecule has 22 heavy (non-hydrogen) atoms. The highest BCUT2D eigenvalue weighted by Crippen LogP contribution is 2.24. The second-order valence-corrected chi connectivity index (χ2v) is 5.62. The van der Waals surface area contributed by atoms with Crippen LogP contribution in [-0.2, 0) is 0 Å². The van der Waals surface area contributed by atoms with Crippen molar-refractivity contribution in [3.05, 3.63) is 42.7 Å². The number of aromatic nitrogens is 3. The van der Waals surface area contributed by atoms with Crippen LogP contribution in [0.1, 0.15) is 6.42 Å². The van der Waals surface area contributed by atoms with E-state index < -0.39 is 0 Å². The summed E-state index contributed by atoms with van der Waals surface area (Å²) < 4.78 is 0. The Morgan fingerprint density at radius 1 is 1.09 bits per heavy atom. The van der Waals surface area contributed by atoms with Crippen molar-refractivity contribution in [1.29, 1.82) is 0 Å². The van der Waals surface area contributed by atoms with Crippen LogP contribution in [0.2, 0.25) is 0 Å². The highest BCUT2D eigenvalue weighted by molar-refractivity contribution is 5.84. The Bertz CT molecular complexity index is 738. The van der Waals surface area contributed by atoms with Crippen molar-refractivity contribution in [3.63, 3.8) is 0 Å². The van der Waals surface area contributed by atoms with E-state index in [1.165, 1.54) is 0 Å². The van der Waals surface area contributed by atoms with Gasteiger partial charge in [0, 0.05) is 42.9 Å². The number of anilines is 1. The van der Waals surface area contributed by atoms with E-state index in [1.807, 2.05) is 12.3 Å². The minimum Gasteiger partial charge on any atom is -0.355 e. The van der Waals surface area contributed by atoms with Gasteiger partial charge in [-0.25, -0.2) is 4.98 Å². The van der Waals surface area contributed by atoms with Crippen molar-refractivity contribution in [2.45, 2.75) is 6.42 Å². The zero-order valence-electron chi connectivity index (χ0n) is 12.4. The third-order valence-corrected chi connectivity index (χ3v) is 4.10. The molecule has 1 aliphatic heterocycles. The van der Waals surface area contributed by atoms with Gasteiger partial charge in [0.1, 0.15) is 5.82 Å². The standard InChI is InChI=1S/C17H19N5/c1-3-15(16-11-13-12-19-7-5-14(13)20-16)21-17(4-1)22-9-2-6-18-8-10-22/h1,3-5,7,11-12,18,20H,2,6,8-10H2. The molecular formula is C17H19N5. The Morgan fingerprint density at radius 3 is 3.05 bits per heavy atom. The van der Waals surface area contributed by atoms with Gasteiger partial charge in [-0.2, -0.15) is 0 Å². The molecule has 1 fully saturated rings. The Hall–Kier alpha value is -2.40. The van der Waals surface area contributed by atoms with E-state index in [0.29, 0.717) is 0 Å². The molecule has 1 aliphatic rings. The average molecular weight is 293 g/mol. The molecule has 3 aromatic rings. The largest absolute Gasteiger partial charge is 0.355 e. The lowest BCUT2D eigenvalue weighted by Crippen LogP contribution is -2.28. The molecule has 112 valence electrons. The molecule has 5 nitrogen and oxygen atoms in total. The fourth-order valence-electron chi connectivity index (χ4n) is 2.93. The topological polar surface area (TPSA) is 56.8 Å². The third kappa shape index (κ3) is 2.55. The molecule has 0 aromatic carbocycles. The van der Waals surface area contributed by atoms with Gasteiger partial charge in [-0.15, -0.1) is 0 Å². The van der Waals surface area contributed by atoms with Gasteiger partial charge in [-0.1, -0.05) is 6.07 Å². The van der Waals surface area contributed by atoms with Gasteiger partial charge in [0.2, 0.25) is 0 Å². The van der Waals surface area contributed by atoms with E-state index >= 15 is 0 Å². The number of rotatable bonds is 2. The number of hydrogen-bond donors (Lipinski definition) is 2. The number of aromatic amines is 1. The first-order valence-electron chi connectivity index (χ1n) is 7.76. The van der Waals surface area contributed by atoms with Crippen molar-refractivity contribution in [2.75, 3.05) is 31.1 Å². The van der Waals surface area contributed by atoms with E-state index in [2.05, 4.69) is 44.5 Å². The van der Waals surface area contributed by atoms with E-state index in [1.54, 1.807) is 6.20 Å². The van der Waals surface area contributed by atoms with Crippen LogP contribution >= 0.6 is 0 Å². The minimum absolute atomic E-state index is 0.978. The van der Waals surface area contributed by atoms with E-state index in [4.69, 9.17) is 4.98 Å². The van der Waals surface area contributed by atoms with Gasteiger partial charge >= 0.3 is 0 Å². The Kier molecular flexibility index (Phi) is 3.48. The molecule has 0 spiro atoms. The summed E-state index contributed by atoms with van der Waals surface area (Å²) >= 11 is 0. The van der Waals surface area contributed by atoms with Crippen LogP contribution in [0.4, 0.5) is 5.82 Å². The molecule has 0 bridgehead atoms. The Morgan fingerprint density at radius 2 is 2.09 bits per heavy atom. The molecule has 1 saturated heterocycles. The maximum atomic E-state index is 4.85. The lowest BCUT2D eigenvalue weighted by atomic mass is 10.2. The predicted molar refractivity (Wildman–Crippen MR) is 89.0 cm³/mol. The summed E-state index contributed by atoms with van der Waals surface area (Å²) in [4.78, 5) is 14.8. The molecule has 0 saturated carbocycles. The zero-order valence-corrected chi connectivity index (χ0v) is 12.4. The van der Waals surface area contributed by atoms with Crippen molar-refractivity contribution in [2.24, 2.45) is 0 Å². The summed E-state index contributed by atoms with van der Waals surface area (Å²) in [6.07, 6.45) is 4.83. The van der Waals surface area contributed by atoms with E-state index in [0.717, 1.165) is 60.7 Å². The lowest BCUT2D eigenvalue weighted by Gasteiger charge is -2.21. The molecule has 5 heteroatoms. The van der Waals surface area contributed by atoms with Crippen LogP contribution < -0.4 is 10.2 Å². The van der Waals surface area contributed by atoms with Crippen LogP contribution in [0.15, 0.2) is 42.7 Å². The number of nitrogens with zero attached hydrogens (tertiary/aromatic N) is 3. The summed E-state index contributed by atoms with van der Waals surface area (Å²) in [5, 5.41) is 4.54. The molecule has 0 radical (unpaired) electrons. The maximum absolute atomic E-state index is 4.85. The van der Waals surface area contributed by atoms with E-state index in [9.17, 15) is 0 Å². The maximum Gasteiger partial charge on any atom is 0.129 e. The number of pyridine rings is 2. The Balaban J connectivity index is 1.68. The fourth-order valence-corrected chi connectivity index (χ4v) is 2.93. The van der Waals surface area contributed by atoms with Gasteiger partial charge in [0.25, 0.3) is 0 Å². The van der Waals surface area contributed by atoms with Gasteiger partial charge in [0.15, 0.2) is 0 Å². The quantitative estimate of drug-likeness (QED) is 0.762. The monoisotopic (exact) mass is 293 g/mol. The normalized spacial score (nSPS) is 15.9. The summed E-state index contributed by atoms with van der Waals surface area (Å²) in [6.45, 7) is 4.17. The SMILES string of the molecule is c1cc(-c2cc3cnccc3[nH]2)nc(N2CCCNCC2)c1. The van der Waals surface area contributed by atoms with E-state index in [-0.39, 0.29) is 0 Å². The average Bonchev–Trinajstić information content (AvgIpc) is 2.81. The van der Waals surface area contributed by atoms with Crippen LogP contribution in [0.5, 0.6) is 0 Å². The third-order valence-electron chi connectivity index (χ3n) is 4.10. The van der Waals surface area contributed by atoms with Crippen LogP contribution in [-0.4, -0.2) is 41.1 Å². The minimum atomic E-state index is 0.978. The zero-order chi connectivity index (χ0) is 14.8. The molecule has 4 heterocycles. The number of hydrogen-bond acceptors (Lipinski definition) is 4. The molecule has 0 unspecified atom stereocenters. The second-order valence-electron chi connectivity index (χ2n) is 5.62. The molecule has 0 aliphatic carbocycles. The van der Waals surface area contributed by atoms with Crippen molar-refractivity contribution < 1.29 is 0 Å². The first kappa shape index (κ1) is 13.3. The molecule has 4 rings (SSSR count). The van der Waals surface area contributed by atoms with Gasteiger partial charge in [0.05, 0.1) is 11.4 Å².